The maximum atomic E-state index is 11.9. The van der Waals surface area contributed by atoms with Gasteiger partial charge < -0.3 is 10.4 Å². The number of carboxylic acids is 1. The molecule has 1 fully saturated rings. The fourth-order valence-corrected chi connectivity index (χ4v) is 2.43. The number of aliphatic carboxylic acids is 1. The standard InChI is InChI=1S/C14H16BrNO3/c15-11-3-1-2-10(6-11)8-13(17)16-12(14(18)19)7-9-4-5-9/h1-3,6,9,12H,4-5,7-8H2,(H,16,17)(H,18,19). The monoisotopic (exact) mass is 325 g/mol. The molecule has 1 aromatic rings. The van der Waals surface area contributed by atoms with Crippen LogP contribution in [0.2, 0.25) is 0 Å². The van der Waals surface area contributed by atoms with Crippen LogP contribution in [0.1, 0.15) is 24.8 Å². The van der Waals surface area contributed by atoms with Crippen molar-refractivity contribution < 1.29 is 14.7 Å². The molecule has 1 unspecified atom stereocenters. The Labute approximate surface area is 120 Å². The minimum absolute atomic E-state index is 0.202. The lowest BCUT2D eigenvalue weighted by Crippen LogP contribution is -2.41. The second-order valence-electron chi connectivity index (χ2n) is 4.94. The van der Waals surface area contributed by atoms with Crippen LogP contribution in [0.15, 0.2) is 28.7 Å². The van der Waals surface area contributed by atoms with Crippen molar-refractivity contribution in [3.63, 3.8) is 0 Å². The van der Waals surface area contributed by atoms with Gasteiger partial charge in [0.25, 0.3) is 0 Å². The highest BCUT2D eigenvalue weighted by molar-refractivity contribution is 9.10. The van der Waals surface area contributed by atoms with Gasteiger partial charge in [-0.05, 0) is 30.0 Å². The zero-order valence-electron chi connectivity index (χ0n) is 10.4. The maximum absolute atomic E-state index is 11.9. The Bertz CT molecular complexity index is 485. The Morgan fingerprint density at radius 1 is 1.42 bits per heavy atom. The van der Waals surface area contributed by atoms with Gasteiger partial charge in [-0.3, -0.25) is 4.79 Å². The van der Waals surface area contributed by atoms with Gasteiger partial charge >= 0.3 is 5.97 Å². The molecule has 102 valence electrons. The van der Waals surface area contributed by atoms with Crippen LogP contribution in [-0.2, 0) is 16.0 Å². The van der Waals surface area contributed by atoms with Gasteiger partial charge in [0.05, 0.1) is 6.42 Å². The largest absolute Gasteiger partial charge is 0.480 e. The summed E-state index contributed by atoms with van der Waals surface area (Å²) in [6.07, 6.45) is 2.89. The first-order valence-electron chi connectivity index (χ1n) is 6.31. The van der Waals surface area contributed by atoms with E-state index in [0.29, 0.717) is 12.3 Å². The van der Waals surface area contributed by atoms with Gasteiger partial charge in [-0.1, -0.05) is 40.9 Å². The number of carbonyl (C=O) groups excluding carboxylic acids is 1. The van der Waals surface area contributed by atoms with E-state index in [1.165, 1.54) is 0 Å². The molecule has 1 atom stereocenters. The SMILES string of the molecule is O=C(Cc1cccc(Br)c1)NC(CC1CC1)C(=O)O. The third-order valence-electron chi connectivity index (χ3n) is 3.15. The predicted octanol–water partition coefficient (Wildman–Crippen LogP) is 2.36. The van der Waals surface area contributed by atoms with E-state index in [9.17, 15) is 9.59 Å². The molecule has 4 nitrogen and oxygen atoms in total. The first-order chi connectivity index (χ1) is 9.04. The summed E-state index contributed by atoms with van der Waals surface area (Å²) in [5.41, 5.74) is 0.863. The molecule has 2 N–H and O–H groups in total. The zero-order valence-corrected chi connectivity index (χ0v) is 12.0. The Kier molecular flexibility index (Phi) is 4.58. The van der Waals surface area contributed by atoms with Crippen molar-refractivity contribution in [3.8, 4) is 0 Å². The summed E-state index contributed by atoms with van der Waals surface area (Å²) in [4.78, 5) is 22.9. The maximum Gasteiger partial charge on any atom is 0.326 e. The van der Waals surface area contributed by atoms with Crippen LogP contribution in [0.3, 0.4) is 0 Å². The molecule has 0 heterocycles. The molecule has 5 heteroatoms. The number of benzene rings is 1. The third-order valence-corrected chi connectivity index (χ3v) is 3.65. The zero-order chi connectivity index (χ0) is 13.8. The summed E-state index contributed by atoms with van der Waals surface area (Å²) < 4.78 is 0.908. The first kappa shape index (κ1) is 14.1. The molecular weight excluding hydrogens is 310 g/mol. The van der Waals surface area contributed by atoms with Gasteiger partial charge in [-0.25, -0.2) is 4.79 Å². The van der Waals surface area contributed by atoms with E-state index in [1.807, 2.05) is 24.3 Å². The predicted molar refractivity (Wildman–Crippen MR) is 74.8 cm³/mol. The Balaban J connectivity index is 1.89. The van der Waals surface area contributed by atoms with Crippen molar-refractivity contribution in [1.82, 2.24) is 5.32 Å². The highest BCUT2D eigenvalue weighted by Crippen LogP contribution is 2.33. The van der Waals surface area contributed by atoms with Crippen molar-refractivity contribution in [1.29, 1.82) is 0 Å². The fraction of sp³-hybridized carbons (Fsp3) is 0.429. The number of hydrogen-bond acceptors (Lipinski definition) is 2. The molecule has 1 amide bonds. The smallest absolute Gasteiger partial charge is 0.326 e. The van der Waals surface area contributed by atoms with Crippen LogP contribution in [0, 0.1) is 5.92 Å². The number of halogens is 1. The molecule has 19 heavy (non-hydrogen) atoms. The average Bonchev–Trinajstić information content (AvgIpc) is 3.11. The van der Waals surface area contributed by atoms with E-state index < -0.39 is 12.0 Å². The molecule has 1 aliphatic rings. The second-order valence-corrected chi connectivity index (χ2v) is 5.86. The number of carbonyl (C=O) groups is 2. The summed E-state index contributed by atoms with van der Waals surface area (Å²) in [5.74, 6) is -0.729. The number of carboxylic acid groups (broad SMARTS) is 1. The van der Waals surface area contributed by atoms with Crippen LogP contribution in [-0.4, -0.2) is 23.0 Å². The van der Waals surface area contributed by atoms with E-state index in [1.54, 1.807) is 0 Å². The normalized spacial score (nSPS) is 15.8. The lowest BCUT2D eigenvalue weighted by atomic mass is 10.1. The molecular formula is C14H16BrNO3. The average molecular weight is 326 g/mol. The molecule has 1 aliphatic carbocycles. The van der Waals surface area contributed by atoms with Crippen LogP contribution in [0.4, 0.5) is 0 Å². The minimum Gasteiger partial charge on any atom is -0.480 e. The van der Waals surface area contributed by atoms with E-state index >= 15 is 0 Å². The van der Waals surface area contributed by atoms with Crippen LogP contribution >= 0.6 is 15.9 Å². The van der Waals surface area contributed by atoms with E-state index in [-0.39, 0.29) is 12.3 Å². The molecule has 0 saturated heterocycles. The molecule has 1 saturated carbocycles. The van der Waals surface area contributed by atoms with Crippen molar-refractivity contribution in [2.75, 3.05) is 0 Å². The summed E-state index contributed by atoms with van der Waals surface area (Å²) in [5, 5.41) is 11.7. The lowest BCUT2D eigenvalue weighted by Gasteiger charge is -2.14. The van der Waals surface area contributed by atoms with Gasteiger partial charge in [-0.15, -0.1) is 0 Å². The van der Waals surface area contributed by atoms with Crippen molar-refractivity contribution in [3.05, 3.63) is 34.3 Å². The molecule has 1 aromatic carbocycles. The molecule has 0 radical (unpaired) electrons. The molecule has 0 aromatic heterocycles. The van der Waals surface area contributed by atoms with Gasteiger partial charge in [0, 0.05) is 4.47 Å². The number of nitrogens with one attached hydrogen (secondary N) is 1. The second kappa shape index (κ2) is 6.19. The number of hydrogen-bond donors (Lipinski definition) is 2. The third kappa shape index (κ3) is 4.67. The summed E-state index contributed by atoms with van der Waals surface area (Å²) in [6, 6.07) is 6.68. The molecule has 0 bridgehead atoms. The Morgan fingerprint density at radius 2 is 2.16 bits per heavy atom. The molecule has 0 aliphatic heterocycles. The van der Waals surface area contributed by atoms with Crippen LogP contribution in [0.5, 0.6) is 0 Å². The van der Waals surface area contributed by atoms with Gasteiger partial charge in [-0.2, -0.15) is 0 Å². The molecule has 0 spiro atoms. The molecule has 2 rings (SSSR count). The van der Waals surface area contributed by atoms with E-state index in [0.717, 1.165) is 22.9 Å². The fourth-order valence-electron chi connectivity index (χ4n) is 1.99. The van der Waals surface area contributed by atoms with Crippen LogP contribution < -0.4 is 5.32 Å². The summed E-state index contributed by atoms with van der Waals surface area (Å²) in [7, 11) is 0. The number of rotatable bonds is 6. The highest BCUT2D eigenvalue weighted by Gasteiger charge is 2.30. The van der Waals surface area contributed by atoms with Crippen molar-refractivity contribution in [2.45, 2.75) is 31.7 Å². The Morgan fingerprint density at radius 3 is 2.74 bits per heavy atom. The topological polar surface area (TPSA) is 66.4 Å². The minimum atomic E-state index is -0.950. The van der Waals surface area contributed by atoms with E-state index in [2.05, 4.69) is 21.2 Å². The van der Waals surface area contributed by atoms with Gasteiger partial charge in [0.2, 0.25) is 5.91 Å². The van der Waals surface area contributed by atoms with Crippen molar-refractivity contribution in [2.24, 2.45) is 5.92 Å². The quantitative estimate of drug-likeness (QED) is 0.843. The highest BCUT2D eigenvalue weighted by atomic mass is 79.9. The van der Waals surface area contributed by atoms with Gasteiger partial charge in [0.15, 0.2) is 0 Å². The Hall–Kier alpha value is -1.36. The summed E-state index contributed by atoms with van der Waals surface area (Å²) >= 11 is 3.34. The van der Waals surface area contributed by atoms with Crippen molar-refractivity contribution >= 4 is 27.8 Å². The number of amides is 1. The van der Waals surface area contributed by atoms with E-state index in [4.69, 9.17) is 5.11 Å². The van der Waals surface area contributed by atoms with Gasteiger partial charge in [0.1, 0.15) is 6.04 Å². The lowest BCUT2D eigenvalue weighted by molar-refractivity contribution is -0.142. The summed E-state index contributed by atoms with van der Waals surface area (Å²) in [6.45, 7) is 0. The first-order valence-corrected chi connectivity index (χ1v) is 7.10. The van der Waals surface area contributed by atoms with Crippen LogP contribution in [0.25, 0.3) is 0 Å².